The fourth-order valence-electron chi connectivity index (χ4n) is 1.64. The molecular weight excluding hydrogens is 148 g/mol. The summed E-state index contributed by atoms with van der Waals surface area (Å²) in [4.78, 5) is 0. The minimum absolute atomic E-state index is 1.03. The van der Waals surface area contributed by atoms with Crippen molar-refractivity contribution in [2.24, 2.45) is 0 Å². The summed E-state index contributed by atoms with van der Waals surface area (Å²) in [5, 5.41) is 6.82. The molecule has 0 saturated heterocycles. The first kappa shape index (κ1) is 7.47. The van der Waals surface area contributed by atoms with Crippen molar-refractivity contribution in [3.8, 4) is 0 Å². The lowest BCUT2D eigenvalue weighted by Gasteiger charge is -2.23. The molecule has 64 valence electrons. The van der Waals surface area contributed by atoms with Gasteiger partial charge in [0.2, 0.25) is 0 Å². The van der Waals surface area contributed by atoms with Crippen LogP contribution in [0, 0.1) is 13.8 Å². The molecule has 1 aromatic rings. The molecule has 0 aliphatic carbocycles. The zero-order valence-corrected chi connectivity index (χ0v) is 7.57. The van der Waals surface area contributed by atoms with Crippen molar-refractivity contribution in [3.05, 3.63) is 23.3 Å². The Morgan fingerprint density at radius 2 is 1.33 bits per heavy atom. The fraction of sp³-hybridized carbons (Fsp3) is 0.400. The van der Waals surface area contributed by atoms with E-state index in [9.17, 15) is 0 Å². The molecule has 0 bridgehead atoms. The van der Waals surface area contributed by atoms with Crippen molar-refractivity contribution in [2.75, 3.05) is 23.7 Å². The second-order valence-corrected chi connectivity index (χ2v) is 3.30. The number of hydrogen-bond acceptors (Lipinski definition) is 2. The van der Waals surface area contributed by atoms with Crippen LogP contribution in [0.25, 0.3) is 0 Å². The highest BCUT2D eigenvalue weighted by atomic mass is 15.0. The first-order valence-corrected chi connectivity index (χ1v) is 4.37. The maximum atomic E-state index is 3.41. The maximum Gasteiger partial charge on any atom is 0.0609 e. The van der Waals surface area contributed by atoms with Gasteiger partial charge in [-0.1, -0.05) is 12.1 Å². The molecule has 2 heteroatoms. The van der Waals surface area contributed by atoms with Gasteiger partial charge in [0.05, 0.1) is 11.4 Å². The molecular formula is C10H14N2. The van der Waals surface area contributed by atoms with Crippen LogP contribution >= 0.6 is 0 Å². The van der Waals surface area contributed by atoms with Gasteiger partial charge < -0.3 is 10.6 Å². The number of hydrogen-bond donors (Lipinski definition) is 2. The van der Waals surface area contributed by atoms with Crippen LogP contribution in [0.2, 0.25) is 0 Å². The lowest BCUT2D eigenvalue weighted by atomic mass is 10.1. The van der Waals surface area contributed by atoms with Gasteiger partial charge in [0, 0.05) is 13.1 Å². The van der Waals surface area contributed by atoms with Crippen LogP contribution < -0.4 is 10.6 Å². The first-order valence-electron chi connectivity index (χ1n) is 4.37. The predicted octanol–water partition coefficient (Wildman–Crippen LogP) is 2.14. The summed E-state index contributed by atoms with van der Waals surface area (Å²) in [7, 11) is 0. The topological polar surface area (TPSA) is 24.1 Å². The third-order valence-corrected chi connectivity index (χ3v) is 2.35. The Hall–Kier alpha value is -1.18. The van der Waals surface area contributed by atoms with E-state index < -0.39 is 0 Å². The highest BCUT2D eigenvalue weighted by Gasteiger charge is 2.11. The van der Waals surface area contributed by atoms with Gasteiger partial charge in [0.15, 0.2) is 0 Å². The van der Waals surface area contributed by atoms with Crippen LogP contribution in [0.3, 0.4) is 0 Å². The summed E-state index contributed by atoms with van der Waals surface area (Å²) in [6.45, 7) is 6.32. The highest BCUT2D eigenvalue weighted by molar-refractivity contribution is 5.77. The summed E-state index contributed by atoms with van der Waals surface area (Å²) in [6.07, 6.45) is 0. The Labute approximate surface area is 73.0 Å². The maximum absolute atomic E-state index is 3.41. The average molecular weight is 162 g/mol. The van der Waals surface area contributed by atoms with E-state index in [-0.39, 0.29) is 0 Å². The van der Waals surface area contributed by atoms with Gasteiger partial charge in [0.25, 0.3) is 0 Å². The van der Waals surface area contributed by atoms with Gasteiger partial charge in [-0.05, 0) is 25.0 Å². The lowest BCUT2D eigenvalue weighted by molar-refractivity contribution is 1.03. The van der Waals surface area contributed by atoms with E-state index in [2.05, 4.69) is 36.6 Å². The summed E-state index contributed by atoms with van der Waals surface area (Å²) in [5.74, 6) is 0. The van der Waals surface area contributed by atoms with Crippen LogP contribution in [0.5, 0.6) is 0 Å². The average Bonchev–Trinajstić information content (AvgIpc) is 2.12. The van der Waals surface area contributed by atoms with Gasteiger partial charge in [-0.3, -0.25) is 0 Å². The lowest BCUT2D eigenvalue weighted by Crippen LogP contribution is -2.21. The SMILES string of the molecule is Cc1ccc(C)c2c1NCCN2. The van der Waals surface area contributed by atoms with Gasteiger partial charge >= 0.3 is 0 Å². The molecule has 12 heavy (non-hydrogen) atoms. The van der Waals surface area contributed by atoms with Crippen molar-refractivity contribution < 1.29 is 0 Å². The van der Waals surface area contributed by atoms with E-state index in [1.54, 1.807) is 0 Å². The minimum atomic E-state index is 1.03. The second kappa shape index (κ2) is 2.70. The Morgan fingerprint density at radius 3 is 1.75 bits per heavy atom. The Morgan fingerprint density at radius 1 is 0.917 bits per heavy atom. The van der Waals surface area contributed by atoms with Gasteiger partial charge in [-0.15, -0.1) is 0 Å². The first-order chi connectivity index (χ1) is 5.79. The predicted molar refractivity (Wildman–Crippen MR) is 52.9 cm³/mol. The van der Waals surface area contributed by atoms with Crippen LogP contribution in [-0.4, -0.2) is 13.1 Å². The highest BCUT2D eigenvalue weighted by Crippen LogP contribution is 2.30. The summed E-state index contributed by atoms with van der Waals surface area (Å²) < 4.78 is 0. The number of nitrogens with one attached hydrogen (secondary N) is 2. The third kappa shape index (κ3) is 1.04. The molecule has 2 N–H and O–H groups in total. The quantitative estimate of drug-likeness (QED) is 0.610. The molecule has 1 aliphatic rings. The Balaban J connectivity index is 2.57. The molecule has 0 aromatic heterocycles. The van der Waals surface area contributed by atoms with Crippen LogP contribution in [0.1, 0.15) is 11.1 Å². The molecule has 1 aromatic carbocycles. The summed E-state index contributed by atoms with van der Waals surface area (Å²) in [5.41, 5.74) is 5.20. The Bertz CT molecular complexity index is 274. The molecule has 0 radical (unpaired) electrons. The molecule has 0 atom stereocenters. The molecule has 0 spiro atoms. The molecule has 1 heterocycles. The Kier molecular flexibility index (Phi) is 1.68. The van der Waals surface area contributed by atoms with E-state index >= 15 is 0 Å². The van der Waals surface area contributed by atoms with Crippen LogP contribution in [0.15, 0.2) is 12.1 Å². The third-order valence-electron chi connectivity index (χ3n) is 2.35. The molecule has 0 fully saturated rings. The van der Waals surface area contributed by atoms with E-state index in [0.717, 1.165) is 13.1 Å². The second-order valence-electron chi connectivity index (χ2n) is 3.30. The molecule has 0 unspecified atom stereocenters. The zero-order chi connectivity index (χ0) is 8.55. The van der Waals surface area contributed by atoms with Crippen molar-refractivity contribution >= 4 is 11.4 Å². The summed E-state index contributed by atoms with van der Waals surface area (Å²) in [6, 6.07) is 4.32. The van der Waals surface area contributed by atoms with Crippen molar-refractivity contribution in [1.82, 2.24) is 0 Å². The number of benzene rings is 1. The fourth-order valence-corrected chi connectivity index (χ4v) is 1.64. The van der Waals surface area contributed by atoms with Gasteiger partial charge in [-0.2, -0.15) is 0 Å². The zero-order valence-electron chi connectivity index (χ0n) is 7.57. The van der Waals surface area contributed by atoms with E-state index in [0.29, 0.717) is 0 Å². The van der Waals surface area contributed by atoms with Crippen molar-refractivity contribution in [1.29, 1.82) is 0 Å². The standard InChI is InChI=1S/C10H14N2/c1-7-3-4-8(2)10-9(7)11-5-6-12-10/h3-4,11-12H,5-6H2,1-2H3. The molecule has 0 amide bonds. The number of rotatable bonds is 0. The molecule has 1 aliphatic heterocycles. The van der Waals surface area contributed by atoms with E-state index in [1.165, 1.54) is 22.5 Å². The van der Waals surface area contributed by atoms with Gasteiger partial charge in [-0.25, -0.2) is 0 Å². The largest absolute Gasteiger partial charge is 0.381 e. The minimum Gasteiger partial charge on any atom is -0.381 e. The van der Waals surface area contributed by atoms with Crippen LogP contribution in [0.4, 0.5) is 11.4 Å². The number of anilines is 2. The number of fused-ring (bicyclic) bond motifs is 1. The van der Waals surface area contributed by atoms with Crippen LogP contribution in [-0.2, 0) is 0 Å². The normalized spacial score (nSPS) is 14.5. The smallest absolute Gasteiger partial charge is 0.0609 e. The summed E-state index contributed by atoms with van der Waals surface area (Å²) >= 11 is 0. The molecule has 2 rings (SSSR count). The monoisotopic (exact) mass is 162 g/mol. The molecule has 0 saturated carbocycles. The van der Waals surface area contributed by atoms with Crippen molar-refractivity contribution in [2.45, 2.75) is 13.8 Å². The number of aryl methyl sites for hydroxylation is 2. The van der Waals surface area contributed by atoms with Gasteiger partial charge in [0.1, 0.15) is 0 Å². The van der Waals surface area contributed by atoms with E-state index in [1.807, 2.05) is 0 Å². The van der Waals surface area contributed by atoms with Crippen molar-refractivity contribution in [3.63, 3.8) is 0 Å². The van der Waals surface area contributed by atoms with E-state index in [4.69, 9.17) is 0 Å². The molecule has 2 nitrogen and oxygen atoms in total.